The fourth-order valence-electron chi connectivity index (χ4n) is 3.15. The van der Waals surface area contributed by atoms with Crippen LogP contribution in [0.1, 0.15) is 36.9 Å². The number of carbonyl (C=O) groups excluding carboxylic acids is 1. The van der Waals surface area contributed by atoms with E-state index in [1.807, 2.05) is 12.1 Å². The third kappa shape index (κ3) is 2.80. The lowest BCUT2D eigenvalue weighted by atomic mass is 9.83. The van der Waals surface area contributed by atoms with Crippen LogP contribution in [0.25, 0.3) is 0 Å². The first-order valence-corrected chi connectivity index (χ1v) is 7.26. The molecule has 20 heavy (non-hydrogen) atoms. The second kappa shape index (κ2) is 6.75. The number of fused-ring (bicyclic) bond motifs is 1. The molecule has 1 aromatic rings. The highest BCUT2D eigenvalue weighted by Crippen LogP contribution is 2.37. The smallest absolute Gasteiger partial charge is 0.410 e. The molecule has 0 unspecified atom stereocenters. The Hall–Kier alpha value is -1.55. The first-order chi connectivity index (χ1) is 9.72. The third-order valence-electron chi connectivity index (χ3n) is 4.08. The molecule has 0 spiro atoms. The minimum Gasteiger partial charge on any atom is -0.453 e. The summed E-state index contributed by atoms with van der Waals surface area (Å²) in [6.07, 6.45) is 2.41. The highest BCUT2D eigenvalue weighted by atomic mass is 16.5. The first kappa shape index (κ1) is 14.9. The van der Waals surface area contributed by atoms with E-state index in [9.17, 15) is 9.90 Å². The maximum atomic E-state index is 12.0. The topological polar surface area (TPSA) is 49.8 Å². The van der Waals surface area contributed by atoms with E-state index in [1.54, 1.807) is 4.90 Å². The van der Waals surface area contributed by atoms with Crippen LogP contribution in [0.2, 0.25) is 0 Å². The maximum absolute atomic E-state index is 12.0. The molecule has 4 heteroatoms. The zero-order chi connectivity index (χ0) is 14.5. The minimum atomic E-state index is -0.306. The number of carbonyl (C=O) groups is 1. The number of aliphatic hydroxyl groups excluding tert-OH is 1. The minimum absolute atomic E-state index is 0.0561. The van der Waals surface area contributed by atoms with Crippen LogP contribution in [0.5, 0.6) is 0 Å². The second-order valence-electron chi connectivity index (χ2n) is 5.29. The molecule has 1 aromatic carbocycles. The van der Waals surface area contributed by atoms with E-state index in [4.69, 9.17) is 4.74 Å². The molecule has 1 heterocycles. The van der Waals surface area contributed by atoms with Crippen LogP contribution in [0, 0.1) is 5.92 Å². The van der Waals surface area contributed by atoms with Gasteiger partial charge in [0.1, 0.15) is 0 Å². The third-order valence-corrected chi connectivity index (χ3v) is 4.08. The number of hydrogen-bond acceptors (Lipinski definition) is 3. The van der Waals surface area contributed by atoms with Crippen LogP contribution >= 0.6 is 0 Å². The second-order valence-corrected chi connectivity index (χ2v) is 5.29. The van der Waals surface area contributed by atoms with E-state index in [1.165, 1.54) is 12.7 Å². The fraction of sp³-hybridized carbons (Fsp3) is 0.562. The fourth-order valence-corrected chi connectivity index (χ4v) is 3.15. The number of hydrogen-bond donors (Lipinski definition) is 1. The van der Waals surface area contributed by atoms with Crippen LogP contribution in [0.15, 0.2) is 24.3 Å². The van der Waals surface area contributed by atoms with Gasteiger partial charge in [-0.25, -0.2) is 4.79 Å². The van der Waals surface area contributed by atoms with Crippen LogP contribution in [0.4, 0.5) is 4.79 Å². The summed E-state index contributed by atoms with van der Waals surface area (Å²) in [5.41, 5.74) is 2.42. The molecular formula is C16H23NO3. The van der Waals surface area contributed by atoms with Crippen LogP contribution in [-0.2, 0) is 11.2 Å². The molecule has 1 aliphatic rings. The lowest BCUT2D eigenvalue weighted by Crippen LogP contribution is -2.44. The molecular weight excluding hydrogens is 254 g/mol. The highest BCUT2D eigenvalue weighted by molar-refractivity contribution is 5.69. The number of amides is 1. The van der Waals surface area contributed by atoms with E-state index in [-0.39, 0.29) is 24.7 Å². The van der Waals surface area contributed by atoms with Crippen molar-refractivity contribution in [3.8, 4) is 0 Å². The van der Waals surface area contributed by atoms with E-state index in [2.05, 4.69) is 19.1 Å². The Labute approximate surface area is 120 Å². The quantitative estimate of drug-likeness (QED) is 0.920. The van der Waals surface area contributed by atoms with Crippen molar-refractivity contribution in [3.05, 3.63) is 35.4 Å². The molecule has 1 amide bonds. The Kier molecular flexibility index (Phi) is 5.01. The highest BCUT2D eigenvalue weighted by Gasteiger charge is 2.36. The largest absolute Gasteiger partial charge is 0.453 e. The lowest BCUT2D eigenvalue weighted by Gasteiger charge is -2.40. The molecule has 1 N–H and O–H groups in total. The van der Waals surface area contributed by atoms with Gasteiger partial charge in [0.2, 0.25) is 0 Å². The van der Waals surface area contributed by atoms with Gasteiger partial charge >= 0.3 is 6.09 Å². The van der Waals surface area contributed by atoms with Gasteiger partial charge in [-0.15, -0.1) is 0 Å². The summed E-state index contributed by atoms with van der Waals surface area (Å²) in [6.45, 7) is 2.83. The van der Waals surface area contributed by atoms with E-state index in [0.29, 0.717) is 6.54 Å². The van der Waals surface area contributed by atoms with E-state index < -0.39 is 0 Å². The van der Waals surface area contributed by atoms with Crippen LogP contribution in [-0.4, -0.2) is 36.4 Å². The predicted molar refractivity (Wildman–Crippen MR) is 77.5 cm³/mol. The average Bonchev–Trinajstić information content (AvgIpc) is 2.51. The van der Waals surface area contributed by atoms with Gasteiger partial charge in [0.15, 0.2) is 0 Å². The van der Waals surface area contributed by atoms with Gasteiger partial charge in [-0.05, 0) is 24.0 Å². The van der Waals surface area contributed by atoms with Crippen molar-refractivity contribution in [1.29, 1.82) is 0 Å². The Bertz CT molecular complexity index is 461. The number of benzene rings is 1. The predicted octanol–water partition coefficient (Wildman–Crippen LogP) is 2.76. The first-order valence-electron chi connectivity index (χ1n) is 7.26. The van der Waals surface area contributed by atoms with Crippen molar-refractivity contribution < 1.29 is 14.6 Å². The molecule has 0 radical (unpaired) electrons. The molecule has 1 aliphatic heterocycles. The van der Waals surface area contributed by atoms with Gasteiger partial charge in [0.25, 0.3) is 0 Å². The molecule has 0 bridgehead atoms. The zero-order valence-electron chi connectivity index (χ0n) is 12.2. The van der Waals surface area contributed by atoms with Crippen LogP contribution in [0.3, 0.4) is 0 Å². The molecule has 4 nitrogen and oxygen atoms in total. The molecule has 0 aliphatic carbocycles. The van der Waals surface area contributed by atoms with E-state index in [0.717, 1.165) is 24.8 Å². The van der Waals surface area contributed by atoms with Crippen molar-refractivity contribution in [3.63, 3.8) is 0 Å². The van der Waals surface area contributed by atoms with Crippen molar-refractivity contribution in [2.24, 2.45) is 5.92 Å². The lowest BCUT2D eigenvalue weighted by molar-refractivity contribution is 0.0629. The molecule has 0 aromatic heterocycles. The average molecular weight is 277 g/mol. The number of nitrogens with zero attached hydrogens (tertiary/aromatic N) is 1. The Morgan fingerprint density at radius 3 is 2.90 bits per heavy atom. The Balaban J connectivity index is 2.39. The SMILES string of the molecule is CCC[C@@H](CO)[C@@H]1c2ccccc2CCN1C(=O)OC. The summed E-state index contributed by atoms with van der Waals surface area (Å²) in [5, 5.41) is 9.73. The summed E-state index contributed by atoms with van der Waals surface area (Å²) in [5.74, 6) is 0.0561. The summed E-state index contributed by atoms with van der Waals surface area (Å²) in [6, 6.07) is 8.10. The number of ether oxygens (including phenoxy) is 1. The summed E-state index contributed by atoms with van der Waals surface area (Å²) in [7, 11) is 1.41. The van der Waals surface area contributed by atoms with Crippen molar-refractivity contribution in [1.82, 2.24) is 4.90 Å². The van der Waals surface area contributed by atoms with Gasteiger partial charge in [0.05, 0.1) is 13.2 Å². The van der Waals surface area contributed by atoms with Gasteiger partial charge in [-0.1, -0.05) is 37.6 Å². The molecule has 110 valence electrons. The van der Waals surface area contributed by atoms with Gasteiger partial charge < -0.3 is 14.7 Å². The van der Waals surface area contributed by atoms with Gasteiger partial charge in [-0.3, -0.25) is 0 Å². The number of aliphatic hydroxyl groups is 1. The molecule has 0 fully saturated rings. The zero-order valence-corrected chi connectivity index (χ0v) is 12.2. The Morgan fingerprint density at radius 1 is 1.50 bits per heavy atom. The summed E-state index contributed by atoms with van der Waals surface area (Å²) < 4.78 is 4.91. The molecule has 2 atom stereocenters. The van der Waals surface area contributed by atoms with Crippen molar-refractivity contribution in [2.75, 3.05) is 20.3 Å². The summed E-state index contributed by atoms with van der Waals surface area (Å²) >= 11 is 0. The normalized spacial score (nSPS) is 19.4. The standard InChI is InChI=1S/C16H23NO3/c1-3-6-13(11-18)15-14-8-5-4-7-12(14)9-10-17(15)16(19)20-2/h4-5,7-8,13,15,18H,3,6,9-11H2,1-2H3/t13-,15+/m0/s1. The molecule has 0 saturated heterocycles. The van der Waals surface area contributed by atoms with E-state index >= 15 is 0 Å². The van der Waals surface area contributed by atoms with Gasteiger partial charge in [-0.2, -0.15) is 0 Å². The van der Waals surface area contributed by atoms with Crippen molar-refractivity contribution in [2.45, 2.75) is 32.2 Å². The Morgan fingerprint density at radius 2 is 2.25 bits per heavy atom. The monoisotopic (exact) mass is 277 g/mol. The number of rotatable bonds is 4. The summed E-state index contributed by atoms with van der Waals surface area (Å²) in [4.78, 5) is 13.8. The number of methoxy groups -OCH3 is 1. The van der Waals surface area contributed by atoms with Gasteiger partial charge in [0, 0.05) is 19.1 Å². The molecule has 0 saturated carbocycles. The van der Waals surface area contributed by atoms with Crippen LogP contribution < -0.4 is 0 Å². The maximum Gasteiger partial charge on any atom is 0.410 e. The van der Waals surface area contributed by atoms with Crippen molar-refractivity contribution >= 4 is 6.09 Å². The molecule has 2 rings (SSSR count).